The van der Waals surface area contributed by atoms with E-state index in [4.69, 9.17) is 0 Å². The second-order valence-corrected chi connectivity index (χ2v) is 9.39. The lowest BCUT2D eigenvalue weighted by atomic mass is 9.94. The minimum Gasteiger partial charge on any atom is -0.343 e. The van der Waals surface area contributed by atoms with Crippen molar-refractivity contribution in [2.24, 2.45) is 0 Å². The average Bonchev–Trinajstić information content (AvgIpc) is 2.76. The monoisotopic (exact) mass is 436 g/mol. The van der Waals surface area contributed by atoms with E-state index in [0.717, 1.165) is 22.9 Å². The summed E-state index contributed by atoms with van der Waals surface area (Å²) in [5.74, 6) is -0.339. The molecule has 0 unspecified atom stereocenters. The quantitative estimate of drug-likeness (QED) is 0.567. The fourth-order valence-corrected chi connectivity index (χ4v) is 4.98. The van der Waals surface area contributed by atoms with E-state index < -0.39 is 16.1 Å². The van der Waals surface area contributed by atoms with E-state index in [9.17, 15) is 13.2 Å². The number of para-hydroxylation sites is 1. The number of rotatable bonds is 8. The molecule has 31 heavy (non-hydrogen) atoms. The van der Waals surface area contributed by atoms with Gasteiger partial charge in [0.2, 0.25) is 15.9 Å². The van der Waals surface area contributed by atoms with Gasteiger partial charge in [0.1, 0.15) is 6.04 Å². The number of carbonyl (C=O) groups is 1. The van der Waals surface area contributed by atoms with E-state index in [-0.39, 0.29) is 11.9 Å². The second-order valence-electron chi connectivity index (χ2n) is 7.53. The molecular weight excluding hydrogens is 408 g/mol. The summed E-state index contributed by atoms with van der Waals surface area (Å²) in [6.45, 7) is 3.82. The molecule has 0 aliphatic rings. The largest absolute Gasteiger partial charge is 0.343 e. The lowest BCUT2D eigenvalue weighted by Gasteiger charge is -2.32. The van der Waals surface area contributed by atoms with Crippen LogP contribution in [0.25, 0.3) is 0 Å². The number of amides is 1. The highest BCUT2D eigenvalue weighted by Gasteiger charge is 2.33. The zero-order valence-corrected chi connectivity index (χ0v) is 18.8. The lowest BCUT2D eigenvalue weighted by molar-refractivity contribution is -0.122. The molecule has 0 aromatic heterocycles. The molecule has 1 N–H and O–H groups in total. The molecule has 3 rings (SSSR count). The van der Waals surface area contributed by atoms with E-state index in [1.807, 2.05) is 74.5 Å². The number of sulfonamides is 1. The molecule has 0 saturated heterocycles. The molecule has 162 valence electrons. The van der Waals surface area contributed by atoms with Crippen LogP contribution in [0.15, 0.2) is 84.9 Å². The van der Waals surface area contributed by atoms with Crippen LogP contribution >= 0.6 is 0 Å². The van der Waals surface area contributed by atoms with E-state index in [1.165, 1.54) is 4.31 Å². The molecule has 0 bridgehead atoms. The van der Waals surface area contributed by atoms with E-state index in [1.54, 1.807) is 24.3 Å². The number of hydrogen-bond acceptors (Lipinski definition) is 3. The summed E-state index contributed by atoms with van der Waals surface area (Å²) in [7, 11) is -3.68. The highest BCUT2D eigenvalue weighted by Crippen LogP contribution is 2.27. The van der Waals surface area contributed by atoms with Crippen molar-refractivity contribution in [1.82, 2.24) is 5.32 Å². The van der Waals surface area contributed by atoms with Crippen molar-refractivity contribution in [2.75, 3.05) is 10.6 Å². The first-order valence-electron chi connectivity index (χ1n) is 10.3. The standard InChI is InChI=1S/C25H28N2O3S/c1-4-23(27(31(3,29)30)21-16-9-6-10-17-21)25(28)26-24(20-14-7-5-8-15-20)22-18-12-11-13-19(22)2/h5-18,23-24H,4H2,1-3H3,(H,26,28)/t23-,24-/m1/s1. The molecule has 1 amide bonds. The third-order valence-electron chi connectivity index (χ3n) is 5.26. The second kappa shape index (κ2) is 9.79. The summed E-state index contributed by atoms with van der Waals surface area (Å²) in [6.07, 6.45) is 1.47. The maximum Gasteiger partial charge on any atom is 0.244 e. The van der Waals surface area contributed by atoms with E-state index >= 15 is 0 Å². The Bertz CT molecular complexity index is 1120. The molecule has 0 aliphatic carbocycles. The maximum absolute atomic E-state index is 13.5. The zero-order chi connectivity index (χ0) is 22.4. The van der Waals surface area contributed by atoms with E-state index in [2.05, 4.69) is 5.32 Å². The van der Waals surface area contributed by atoms with Gasteiger partial charge in [-0.3, -0.25) is 9.10 Å². The van der Waals surface area contributed by atoms with Crippen LogP contribution in [0, 0.1) is 6.92 Å². The number of nitrogens with zero attached hydrogens (tertiary/aromatic N) is 1. The Hall–Kier alpha value is -3.12. The third-order valence-corrected chi connectivity index (χ3v) is 6.44. The van der Waals surface area contributed by atoms with Crippen LogP contribution in [0.3, 0.4) is 0 Å². The van der Waals surface area contributed by atoms with Crippen molar-refractivity contribution in [3.8, 4) is 0 Å². The molecule has 0 saturated carbocycles. The molecule has 5 nitrogen and oxygen atoms in total. The van der Waals surface area contributed by atoms with Crippen molar-refractivity contribution in [1.29, 1.82) is 0 Å². The Balaban J connectivity index is 2.00. The predicted molar refractivity (Wildman–Crippen MR) is 125 cm³/mol. The van der Waals surface area contributed by atoms with E-state index in [0.29, 0.717) is 12.1 Å². The Kier molecular flexibility index (Phi) is 7.13. The van der Waals surface area contributed by atoms with Crippen LogP contribution in [0.5, 0.6) is 0 Å². The van der Waals surface area contributed by atoms with Crippen molar-refractivity contribution in [3.63, 3.8) is 0 Å². The first-order valence-corrected chi connectivity index (χ1v) is 12.1. The molecule has 3 aromatic rings. The highest BCUT2D eigenvalue weighted by atomic mass is 32.2. The summed E-state index contributed by atoms with van der Waals surface area (Å²) in [5.41, 5.74) is 3.43. The predicted octanol–water partition coefficient (Wildman–Crippen LogP) is 4.45. The van der Waals surface area contributed by atoms with Gasteiger partial charge >= 0.3 is 0 Å². The molecular formula is C25H28N2O3S. The van der Waals surface area contributed by atoms with Crippen molar-refractivity contribution >= 4 is 21.6 Å². The molecule has 0 heterocycles. The molecule has 3 aromatic carbocycles. The normalized spacial score (nSPS) is 13.3. The van der Waals surface area contributed by atoms with Gasteiger partial charge in [-0.1, -0.05) is 79.7 Å². The molecule has 0 fully saturated rings. The smallest absolute Gasteiger partial charge is 0.244 e. The molecule has 2 atom stereocenters. The van der Waals surface area contributed by atoms with Crippen LogP contribution in [0.4, 0.5) is 5.69 Å². The van der Waals surface area contributed by atoms with Crippen molar-refractivity contribution < 1.29 is 13.2 Å². The first kappa shape index (κ1) is 22.6. The van der Waals surface area contributed by atoms with Crippen LogP contribution in [0.1, 0.15) is 36.1 Å². The van der Waals surface area contributed by atoms with Crippen LogP contribution in [-0.2, 0) is 14.8 Å². The number of anilines is 1. The summed E-state index contributed by atoms with van der Waals surface area (Å²) in [6, 6.07) is 25.1. The zero-order valence-electron chi connectivity index (χ0n) is 18.0. The van der Waals surface area contributed by atoms with Gasteiger partial charge in [0.25, 0.3) is 0 Å². The summed E-state index contributed by atoms with van der Waals surface area (Å²) in [4.78, 5) is 13.5. The molecule has 0 radical (unpaired) electrons. The van der Waals surface area contributed by atoms with Crippen LogP contribution in [0.2, 0.25) is 0 Å². The van der Waals surface area contributed by atoms with Crippen LogP contribution in [-0.4, -0.2) is 26.6 Å². The highest BCUT2D eigenvalue weighted by molar-refractivity contribution is 7.92. The topological polar surface area (TPSA) is 66.5 Å². The van der Waals surface area contributed by atoms with Gasteiger partial charge in [-0.05, 0) is 42.2 Å². The van der Waals surface area contributed by atoms with Crippen molar-refractivity contribution in [2.45, 2.75) is 32.4 Å². The lowest BCUT2D eigenvalue weighted by Crippen LogP contribution is -2.50. The number of aryl methyl sites for hydroxylation is 1. The Morgan fingerprint density at radius 2 is 1.45 bits per heavy atom. The number of benzene rings is 3. The Morgan fingerprint density at radius 3 is 2.00 bits per heavy atom. The average molecular weight is 437 g/mol. The number of nitrogens with one attached hydrogen (secondary N) is 1. The first-order chi connectivity index (χ1) is 14.8. The maximum atomic E-state index is 13.5. The summed E-state index contributed by atoms with van der Waals surface area (Å²) >= 11 is 0. The van der Waals surface area contributed by atoms with Gasteiger partial charge < -0.3 is 5.32 Å². The number of carbonyl (C=O) groups excluding carboxylic acids is 1. The van der Waals surface area contributed by atoms with Gasteiger partial charge in [-0.15, -0.1) is 0 Å². The molecule has 6 heteroatoms. The molecule has 0 aliphatic heterocycles. The van der Waals surface area contributed by atoms with Crippen LogP contribution < -0.4 is 9.62 Å². The number of hydrogen-bond donors (Lipinski definition) is 1. The Morgan fingerprint density at radius 1 is 0.903 bits per heavy atom. The fourth-order valence-electron chi connectivity index (χ4n) is 3.77. The SMILES string of the molecule is CC[C@H](C(=O)N[C@H](c1ccccc1)c1ccccc1C)N(c1ccccc1)S(C)(=O)=O. The Labute approximate surface area is 184 Å². The van der Waals surface area contributed by atoms with Gasteiger partial charge in [-0.25, -0.2) is 8.42 Å². The summed E-state index contributed by atoms with van der Waals surface area (Å²) < 4.78 is 26.5. The van der Waals surface area contributed by atoms with Gasteiger partial charge in [0.15, 0.2) is 0 Å². The summed E-state index contributed by atoms with van der Waals surface area (Å²) in [5, 5.41) is 3.12. The minimum absolute atomic E-state index is 0.336. The fraction of sp³-hybridized carbons (Fsp3) is 0.240. The van der Waals surface area contributed by atoms with Gasteiger partial charge in [-0.2, -0.15) is 0 Å². The third kappa shape index (κ3) is 5.33. The van der Waals surface area contributed by atoms with Gasteiger partial charge in [0, 0.05) is 0 Å². The minimum atomic E-state index is -3.68. The molecule has 0 spiro atoms. The van der Waals surface area contributed by atoms with Gasteiger partial charge in [0.05, 0.1) is 18.0 Å². The van der Waals surface area contributed by atoms with Crippen molar-refractivity contribution in [3.05, 3.63) is 102 Å².